The molecule has 0 saturated carbocycles. The number of piperidine rings is 1. The number of carbonyl (C=O) groups excluding carboxylic acids is 1. The van der Waals surface area contributed by atoms with Gasteiger partial charge in [-0.1, -0.05) is 48.2 Å². The summed E-state index contributed by atoms with van der Waals surface area (Å²) in [4.78, 5) is 24.4. The van der Waals surface area contributed by atoms with E-state index in [1.807, 2.05) is 54.6 Å². The molecule has 2 unspecified atom stereocenters. The molecule has 2 atom stereocenters. The lowest BCUT2D eigenvalue weighted by Gasteiger charge is -2.39. The first-order chi connectivity index (χ1) is 14.6. The van der Waals surface area contributed by atoms with Gasteiger partial charge in [0.1, 0.15) is 17.4 Å². The molecule has 0 aliphatic carbocycles. The van der Waals surface area contributed by atoms with E-state index in [1.54, 1.807) is 0 Å². The Labute approximate surface area is 181 Å². The van der Waals surface area contributed by atoms with Crippen LogP contribution in [0.3, 0.4) is 0 Å². The molecule has 0 bridgehead atoms. The number of thioether (sulfide) groups is 1. The van der Waals surface area contributed by atoms with Gasteiger partial charge in [0.15, 0.2) is 5.82 Å². The van der Waals surface area contributed by atoms with Crippen LogP contribution in [-0.4, -0.2) is 38.6 Å². The van der Waals surface area contributed by atoms with Crippen LogP contribution in [0.1, 0.15) is 38.9 Å². The minimum atomic E-state index is 0.185. The standard InChI is InChI=1S/C24H27N3O2S/c1-17-9-8-10-18(2)27(17)23(28)16-30-24-20-13-6-7-14-21(20)25-22(26-24)15-29-19-11-4-3-5-12-19/h3-7,11-14,17-18H,8-10,15-16H2,1-2H3. The zero-order valence-corrected chi connectivity index (χ0v) is 18.3. The van der Waals surface area contributed by atoms with Crippen molar-refractivity contribution in [2.24, 2.45) is 0 Å². The molecule has 30 heavy (non-hydrogen) atoms. The van der Waals surface area contributed by atoms with Gasteiger partial charge in [0.2, 0.25) is 5.91 Å². The molecule has 0 N–H and O–H groups in total. The molecule has 6 heteroatoms. The number of benzene rings is 2. The highest BCUT2D eigenvalue weighted by atomic mass is 32.2. The summed E-state index contributed by atoms with van der Waals surface area (Å²) >= 11 is 1.49. The third-order valence-electron chi connectivity index (χ3n) is 5.54. The highest BCUT2D eigenvalue weighted by Gasteiger charge is 2.28. The van der Waals surface area contributed by atoms with E-state index in [4.69, 9.17) is 9.72 Å². The Kier molecular flexibility index (Phi) is 6.53. The average Bonchev–Trinajstić information content (AvgIpc) is 2.76. The van der Waals surface area contributed by atoms with Crippen molar-refractivity contribution in [3.05, 3.63) is 60.4 Å². The minimum absolute atomic E-state index is 0.185. The van der Waals surface area contributed by atoms with Gasteiger partial charge in [0, 0.05) is 17.5 Å². The number of likely N-dealkylation sites (tertiary alicyclic amines) is 1. The molecule has 0 radical (unpaired) electrons. The summed E-state index contributed by atoms with van der Waals surface area (Å²) in [7, 11) is 0. The summed E-state index contributed by atoms with van der Waals surface area (Å²) in [6.45, 7) is 4.59. The van der Waals surface area contributed by atoms with E-state index < -0.39 is 0 Å². The normalized spacial score (nSPS) is 19.1. The molecule has 2 aromatic carbocycles. The minimum Gasteiger partial charge on any atom is -0.486 e. The number of rotatable bonds is 6. The Morgan fingerprint density at radius 1 is 1.03 bits per heavy atom. The highest BCUT2D eigenvalue weighted by Crippen LogP contribution is 2.28. The number of ether oxygens (including phenoxy) is 1. The van der Waals surface area contributed by atoms with Crippen LogP contribution in [0, 0.1) is 0 Å². The van der Waals surface area contributed by atoms with Gasteiger partial charge >= 0.3 is 0 Å². The summed E-state index contributed by atoms with van der Waals surface area (Å²) in [5.74, 6) is 1.97. The Hall–Kier alpha value is -2.60. The topological polar surface area (TPSA) is 55.3 Å². The lowest BCUT2D eigenvalue weighted by molar-refractivity contribution is -0.134. The van der Waals surface area contributed by atoms with E-state index >= 15 is 0 Å². The van der Waals surface area contributed by atoms with Crippen molar-refractivity contribution >= 4 is 28.6 Å². The molecule has 3 aromatic rings. The van der Waals surface area contributed by atoms with Crippen LogP contribution in [0.5, 0.6) is 5.75 Å². The van der Waals surface area contributed by atoms with E-state index in [2.05, 4.69) is 23.7 Å². The predicted molar refractivity (Wildman–Crippen MR) is 121 cm³/mol. The monoisotopic (exact) mass is 421 g/mol. The molecule has 1 saturated heterocycles. The maximum absolute atomic E-state index is 13.0. The molecule has 156 valence electrons. The van der Waals surface area contributed by atoms with Crippen LogP contribution in [0.4, 0.5) is 0 Å². The fourth-order valence-corrected chi connectivity index (χ4v) is 4.96. The third-order valence-corrected chi connectivity index (χ3v) is 6.52. The van der Waals surface area contributed by atoms with E-state index in [0.29, 0.717) is 23.7 Å². The molecule has 1 aromatic heterocycles. The maximum atomic E-state index is 13.0. The van der Waals surface area contributed by atoms with Crippen LogP contribution >= 0.6 is 11.8 Å². The number of hydrogen-bond acceptors (Lipinski definition) is 5. The number of para-hydroxylation sites is 2. The first kappa shape index (κ1) is 20.7. The molecular formula is C24H27N3O2S. The molecular weight excluding hydrogens is 394 g/mol. The Bertz CT molecular complexity index is 1000. The fraction of sp³-hybridized carbons (Fsp3) is 0.375. The molecule has 1 amide bonds. The van der Waals surface area contributed by atoms with Gasteiger partial charge in [0.25, 0.3) is 0 Å². The van der Waals surface area contributed by atoms with Crippen molar-refractivity contribution in [2.45, 2.75) is 56.8 Å². The smallest absolute Gasteiger partial charge is 0.233 e. The quantitative estimate of drug-likeness (QED) is 0.410. The Morgan fingerprint density at radius 2 is 1.73 bits per heavy atom. The van der Waals surface area contributed by atoms with Gasteiger partial charge in [-0.25, -0.2) is 9.97 Å². The van der Waals surface area contributed by atoms with Gasteiger partial charge in [-0.3, -0.25) is 4.79 Å². The van der Waals surface area contributed by atoms with Crippen LogP contribution in [-0.2, 0) is 11.4 Å². The second-order valence-electron chi connectivity index (χ2n) is 7.78. The molecule has 1 aliphatic heterocycles. The van der Waals surface area contributed by atoms with Crippen LogP contribution in [0.25, 0.3) is 10.9 Å². The molecule has 2 heterocycles. The van der Waals surface area contributed by atoms with Crippen molar-refractivity contribution < 1.29 is 9.53 Å². The lowest BCUT2D eigenvalue weighted by Crippen LogP contribution is -2.48. The first-order valence-corrected chi connectivity index (χ1v) is 11.5. The average molecular weight is 422 g/mol. The number of carbonyl (C=O) groups is 1. The molecule has 1 fully saturated rings. The number of nitrogens with zero attached hydrogens (tertiary/aromatic N) is 3. The van der Waals surface area contributed by atoms with Crippen LogP contribution < -0.4 is 4.74 Å². The van der Waals surface area contributed by atoms with Crippen LogP contribution in [0.15, 0.2) is 59.6 Å². The highest BCUT2D eigenvalue weighted by molar-refractivity contribution is 8.00. The maximum Gasteiger partial charge on any atom is 0.233 e. The summed E-state index contributed by atoms with van der Waals surface area (Å²) in [5.41, 5.74) is 0.869. The van der Waals surface area contributed by atoms with Gasteiger partial charge < -0.3 is 9.64 Å². The molecule has 4 rings (SSSR count). The predicted octanol–water partition coefficient (Wildman–Crippen LogP) is 5.09. The Balaban J connectivity index is 1.51. The van der Waals surface area contributed by atoms with Crippen molar-refractivity contribution in [3.8, 4) is 5.75 Å². The van der Waals surface area contributed by atoms with Crippen molar-refractivity contribution in [1.29, 1.82) is 0 Å². The number of hydrogen-bond donors (Lipinski definition) is 0. The van der Waals surface area contributed by atoms with E-state index in [9.17, 15) is 4.79 Å². The van der Waals surface area contributed by atoms with Gasteiger partial charge in [-0.05, 0) is 51.3 Å². The van der Waals surface area contributed by atoms with Gasteiger partial charge in [-0.15, -0.1) is 0 Å². The van der Waals surface area contributed by atoms with Crippen LogP contribution in [0.2, 0.25) is 0 Å². The van der Waals surface area contributed by atoms with Crippen molar-refractivity contribution in [3.63, 3.8) is 0 Å². The van der Waals surface area contributed by atoms with Gasteiger partial charge in [0.05, 0.1) is 11.3 Å². The van der Waals surface area contributed by atoms with E-state index in [1.165, 1.54) is 18.2 Å². The summed E-state index contributed by atoms with van der Waals surface area (Å²) in [6, 6.07) is 18.2. The van der Waals surface area contributed by atoms with Crippen molar-refractivity contribution in [2.75, 3.05) is 5.75 Å². The van der Waals surface area contributed by atoms with E-state index in [0.717, 1.165) is 34.5 Å². The number of aromatic nitrogens is 2. The molecule has 1 aliphatic rings. The zero-order chi connectivity index (χ0) is 20.9. The van der Waals surface area contributed by atoms with E-state index in [-0.39, 0.29) is 12.5 Å². The largest absolute Gasteiger partial charge is 0.486 e. The molecule has 0 spiro atoms. The SMILES string of the molecule is CC1CCCC(C)N1C(=O)CSc1nc(COc2ccccc2)nc2ccccc12. The summed E-state index contributed by atoms with van der Waals surface area (Å²) < 4.78 is 5.84. The second-order valence-corrected chi connectivity index (χ2v) is 8.75. The number of amides is 1. The fourth-order valence-electron chi connectivity index (χ4n) is 4.05. The Morgan fingerprint density at radius 3 is 2.50 bits per heavy atom. The lowest BCUT2D eigenvalue weighted by atomic mass is 9.98. The summed E-state index contributed by atoms with van der Waals surface area (Å²) in [5, 5.41) is 1.80. The second kappa shape index (κ2) is 9.47. The van der Waals surface area contributed by atoms with Crippen molar-refractivity contribution in [1.82, 2.24) is 14.9 Å². The molecule has 5 nitrogen and oxygen atoms in total. The zero-order valence-electron chi connectivity index (χ0n) is 17.5. The number of fused-ring (bicyclic) bond motifs is 1. The third kappa shape index (κ3) is 4.75. The van der Waals surface area contributed by atoms with Gasteiger partial charge in [-0.2, -0.15) is 0 Å². The first-order valence-electron chi connectivity index (χ1n) is 10.5. The summed E-state index contributed by atoms with van der Waals surface area (Å²) in [6.07, 6.45) is 3.36.